The quantitative estimate of drug-likeness (QED) is 0.872. The number of halogens is 3. The molecule has 0 aliphatic heterocycles. The lowest BCUT2D eigenvalue weighted by Crippen LogP contribution is -2.19. The normalized spacial score (nSPS) is 11.0. The number of hydrogen-bond donors (Lipinski definition) is 2. The van der Waals surface area contributed by atoms with Gasteiger partial charge in [-0.05, 0) is 31.5 Å². The van der Waals surface area contributed by atoms with Gasteiger partial charge in [-0.2, -0.15) is 0 Å². The average Bonchev–Trinajstić information content (AvgIpc) is 2.90. The van der Waals surface area contributed by atoms with Crippen molar-refractivity contribution in [1.82, 2.24) is 9.55 Å². The minimum Gasteiger partial charge on any atom is -0.328 e. The van der Waals surface area contributed by atoms with Gasteiger partial charge >= 0.3 is 0 Å². The number of nitrogens with one attached hydrogen (secondary N) is 1. The molecule has 0 aliphatic carbocycles. The van der Waals surface area contributed by atoms with Crippen LogP contribution in [0.15, 0.2) is 36.9 Å². The first-order valence-electron chi connectivity index (χ1n) is 6.39. The van der Waals surface area contributed by atoms with E-state index in [4.69, 9.17) is 5.73 Å². The zero-order chi connectivity index (χ0) is 14.5. The van der Waals surface area contributed by atoms with E-state index in [9.17, 15) is 9.18 Å². The maximum Gasteiger partial charge on any atom is 0.224 e. The van der Waals surface area contributed by atoms with Crippen molar-refractivity contribution in [3.8, 4) is 5.69 Å². The molecule has 1 amide bonds. The fourth-order valence-electron chi connectivity index (χ4n) is 1.78. The van der Waals surface area contributed by atoms with Crippen LogP contribution < -0.4 is 11.1 Å². The maximum atomic E-state index is 14.0. The number of imidazole rings is 1. The molecule has 0 bridgehead atoms. The molecule has 2 aromatic rings. The van der Waals surface area contributed by atoms with Gasteiger partial charge in [0.15, 0.2) is 0 Å². The highest BCUT2D eigenvalue weighted by atomic mass is 35.5. The molecular weight excluding hydrogens is 330 g/mol. The molecule has 0 spiro atoms. The number of hydrogen-bond acceptors (Lipinski definition) is 3. The summed E-state index contributed by atoms with van der Waals surface area (Å²) in [6, 6.07) is 4.51. The van der Waals surface area contributed by atoms with Gasteiger partial charge in [0.05, 0.1) is 12.0 Å². The Labute approximate surface area is 140 Å². The molecule has 2 rings (SSSR count). The van der Waals surface area contributed by atoms with Crippen LogP contribution in [-0.2, 0) is 4.79 Å². The van der Waals surface area contributed by atoms with Crippen molar-refractivity contribution >= 4 is 36.4 Å². The molecule has 1 heterocycles. The second-order valence-electron chi connectivity index (χ2n) is 4.70. The number of nitrogens with two attached hydrogens (primary N) is 1. The number of nitrogens with zero attached hydrogens (tertiary/aromatic N) is 2. The zero-order valence-corrected chi connectivity index (χ0v) is 13.7. The van der Waals surface area contributed by atoms with Crippen LogP contribution >= 0.6 is 24.8 Å². The molecular formula is C14H19Cl2FN4O. The van der Waals surface area contributed by atoms with Crippen molar-refractivity contribution in [2.45, 2.75) is 25.8 Å². The van der Waals surface area contributed by atoms with Crippen LogP contribution in [0.5, 0.6) is 0 Å². The van der Waals surface area contributed by atoms with Crippen LogP contribution in [0, 0.1) is 5.82 Å². The number of aromatic nitrogens is 2. The molecule has 1 aromatic heterocycles. The Balaban J connectivity index is 0.00000220. The number of carbonyl (C=O) groups excluding carboxylic acids is 1. The summed E-state index contributed by atoms with van der Waals surface area (Å²) in [5.41, 5.74) is 6.40. The SMILES string of the molecule is CC(N)CCC(=O)Nc1ccc(-n2ccnc2)c(F)c1.Cl.Cl. The minimum absolute atomic E-state index is 0. The average molecular weight is 349 g/mol. The van der Waals surface area contributed by atoms with Crippen molar-refractivity contribution < 1.29 is 9.18 Å². The Morgan fingerprint density at radius 2 is 2.18 bits per heavy atom. The summed E-state index contributed by atoms with van der Waals surface area (Å²) in [6.07, 6.45) is 5.66. The second-order valence-corrected chi connectivity index (χ2v) is 4.70. The van der Waals surface area contributed by atoms with Crippen LogP contribution in [0.2, 0.25) is 0 Å². The third kappa shape index (κ3) is 5.63. The molecule has 0 radical (unpaired) electrons. The lowest BCUT2D eigenvalue weighted by Gasteiger charge is -2.09. The van der Waals surface area contributed by atoms with Crippen molar-refractivity contribution in [2.24, 2.45) is 5.73 Å². The predicted molar refractivity (Wildman–Crippen MR) is 89.5 cm³/mol. The van der Waals surface area contributed by atoms with Gasteiger partial charge in [-0.15, -0.1) is 24.8 Å². The molecule has 122 valence electrons. The molecule has 1 unspecified atom stereocenters. The van der Waals surface area contributed by atoms with E-state index in [1.807, 2.05) is 6.92 Å². The molecule has 5 nitrogen and oxygen atoms in total. The largest absolute Gasteiger partial charge is 0.328 e. The smallest absolute Gasteiger partial charge is 0.224 e. The minimum atomic E-state index is -0.423. The van der Waals surface area contributed by atoms with E-state index in [1.165, 1.54) is 12.4 Å². The highest BCUT2D eigenvalue weighted by Crippen LogP contribution is 2.18. The summed E-state index contributed by atoms with van der Waals surface area (Å²) in [5, 5.41) is 2.65. The molecule has 3 N–H and O–H groups in total. The summed E-state index contributed by atoms with van der Waals surface area (Å²) in [6.45, 7) is 1.84. The van der Waals surface area contributed by atoms with Gasteiger partial charge in [0.25, 0.3) is 0 Å². The molecule has 0 aliphatic rings. The lowest BCUT2D eigenvalue weighted by molar-refractivity contribution is -0.116. The Morgan fingerprint density at radius 1 is 1.45 bits per heavy atom. The molecule has 8 heteroatoms. The molecule has 1 aromatic carbocycles. The first-order chi connectivity index (χ1) is 9.56. The lowest BCUT2D eigenvalue weighted by atomic mass is 10.2. The highest BCUT2D eigenvalue weighted by molar-refractivity contribution is 5.90. The number of anilines is 1. The van der Waals surface area contributed by atoms with Gasteiger partial charge in [0.1, 0.15) is 5.82 Å². The van der Waals surface area contributed by atoms with Crippen LogP contribution in [-0.4, -0.2) is 21.5 Å². The van der Waals surface area contributed by atoms with Gasteiger partial charge in [-0.25, -0.2) is 9.37 Å². The fraction of sp³-hybridized carbons (Fsp3) is 0.286. The Bertz CT molecular complexity index is 591. The molecule has 0 saturated heterocycles. The van der Waals surface area contributed by atoms with Gasteiger partial charge in [0.2, 0.25) is 5.91 Å². The van der Waals surface area contributed by atoms with Gasteiger partial charge < -0.3 is 15.6 Å². The molecule has 1 atom stereocenters. The van der Waals surface area contributed by atoms with Crippen LogP contribution in [0.4, 0.5) is 10.1 Å². The van der Waals surface area contributed by atoms with Gasteiger partial charge in [0, 0.05) is 30.5 Å². The molecule has 22 heavy (non-hydrogen) atoms. The van der Waals surface area contributed by atoms with E-state index < -0.39 is 5.82 Å². The summed E-state index contributed by atoms with van der Waals surface area (Å²) < 4.78 is 15.5. The maximum absolute atomic E-state index is 14.0. The molecule has 0 fully saturated rings. The van der Waals surface area contributed by atoms with Gasteiger partial charge in [-0.1, -0.05) is 0 Å². The highest BCUT2D eigenvalue weighted by Gasteiger charge is 2.08. The number of amides is 1. The summed E-state index contributed by atoms with van der Waals surface area (Å²) in [7, 11) is 0. The first-order valence-corrected chi connectivity index (χ1v) is 6.39. The zero-order valence-electron chi connectivity index (χ0n) is 12.0. The number of benzene rings is 1. The van der Waals surface area contributed by atoms with Crippen LogP contribution in [0.3, 0.4) is 0 Å². The Hall–Kier alpha value is -1.63. The van der Waals surface area contributed by atoms with E-state index in [1.54, 1.807) is 29.1 Å². The van der Waals surface area contributed by atoms with Crippen molar-refractivity contribution in [2.75, 3.05) is 5.32 Å². The predicted octanol–water partition coefficient (Wildman–Crippen LogP) is 2.92. The summed E-state index contributed by atoms with van der Waals surface area (Å²) in [5.74, 6) is -0.593. The summed E-state index contributed by atoms with van der Waals surface area (Å²) in [4.78, 5) is 15.5. The third-order valence-electron chi connectivity index (χ3n) is 2.84. The Kier molecular flexibility index (Phi) is 8.70. The van der Waals surface area contributed by atoms with Gasteiger partial charge in [-0.3, -0.25) is 4.79 Å². The Morgan fingerprint density at radius 3 is 2.73 bits per heavy atom. The second kappa shape index (κ2) is 9.40. The monoisotopic (exact) mass is 348 g/mol. The van der Waals surface area contributed by atoms with Crippen molar-refractivity contribution in [3.05, 3.63) is 42.7 Å². The van der Waals surface area contributed by atoms with Crippen molar-refractivity contribution in [1.29, 1.82) is 0 Å². The van der Waals surface area contributed by atoms with E-state index >= 15 is 0 Å². The van der Waals surface area contributed by atoms with E-state index in [2.05, 4.69) is 10.3 Å². The molecule has 0 saturated carbocycles. The van der Waals surface area contributed by atoms with Crippen LogP contribution in [0.1, 0.15) is 19.8 Å². The topological polar surface area (TPSA) is 72.9 Å². The first kappa shape index (κ1) is 20.4. The number of rotatable bonds is 5. The summed E-state index contributed by atoms with van der Waals surface area (Å²) >= 11 is 0. The van der Waals surface area contributed by atoms with E-state index in [-0.39, 0.29) is 36.8 Å². The van der Waals surface area contributed by atoms with E-state index in [0.717, 1.165) is 0 Å². The third-order valence-corrected chi connectivity index (χ3v) is 2.84. The fourth-order valence-corrected chi connectivity index (χ4v) is 1.78. The number of carbonyl (C=O) groups is 1. The standard InChI is InChI=1S/C14H17FN4O.2ClH/c1-10(16)2-5-14(20)18-11-3-4-13(12(15)8-11)19-7-6-17-9-19;;/h3-4,6-10H,2,5,16H2,1H3,(H,18,20);2*1H. The van der Waals surface area contributed by atoms with E-state index in [0.29, 0.717) is 24.2 Å². The van der Waals surface area contributed by atoms with Crippen LogP contribution in [0.25, 0.3) is 5.69 Å². The van der Waals surface area contributed by atoms with Crippen molar-refractivity contribution in [3.63, 3.8) is 0 Å².